The topological polar surface area (TPSA) is 43.6 Å². The summed E-state index contributed by atoms with van der Waals surface area (Å²) in [5.41, 5.74) is 3.01. The second-order valence-electron chi connectivity index (χ2n) is 4.58. The van der Waals surface area contributed by atoms with Gasteiger partial charge in [0.1, 0.15) is 5.82 Å². The number of benzene rings is 2. The van der Waals surface area contributed by atoms with Crippen molar-refractivity contribution in [3.05, 3.63) is 65.5 Å². The van der Waals surface area contributed by atoms with Crippen LogP contribution in [0.1, 0.15) is 11.1 Å². The van der Waals surface area contributed by atoms with Crippen LogP contribution in [0.5, 0.6) is 0 Å². The van der Waals surface area contributed by atoms with Crippen LogP contribution < -0.4 is 0 Å². The molecule has 0 spiro atoms. The summed E-state index contributed by atoms with van der Waals surface area (Å²) in [6.07, 6.45) is 0. The normalized spacial score (nSPS) is 10.7. The molecule has 5 heteroatoms. The molecule has 0 fully saturated rings. The van der Waals surface area contributed by atoms with E-state index in [0.717, 1.165) is 16.7 Å². The SMILES string of the molecule is Cc1ccccc1-c1nnn(Cc2ccc(F)cc2)n1. The molecular weight excluding hydrogens is 255 g/mol. The average Bonchev–Trinajstić information content (AvgIpc) is 2.90. The molecule has 0 aliphatic heterocycles. The van der Waals surface area contributed by atoms with Crippen LogP contribution in [-0.4, -0.2) is 20.2 Å². The number of aryl methyl sites for hydroxylation is 1. The van der Waals surface area contributed by atoms with Crippen molar-refractivity contribution < 1.29 is 4.39 Å². The Morgan fingerprint density at radius 2 is 1.80 bits per heavy atom. The van der Waals surface area contributed by atoms with E-state index >= 15 is 0 Å². The highest BCUT2D eigenvalue weighted by Gasteiger charge is 2.08. The molecule has 0 atom stereocenters. The Kier molecular flexibility index (Phi) is 3.25. The van der Waals surface area contributed by atoms with Crippen LogP contribution in [0.4, 0.5) is 4.39 Å². The monoisotopic (exact) mass is 268 g/mol. The molecule has 0 unspecified atom stereocenters. The fourth-order valence-electron chi connectivity index (χ4n) is 1.99. The summed E-state index contributed by atoms with van der Waals surface area (Å²) in [6.45, 7) is 2.48. The molecule has 20 heavy (non-hydrogen) atoms. The fraction of sp³-hybridized carbons (Fsp3) is 0.133. The van der Waals surface area contributed by atoms with Gasteiger partial charge in [-0.05, 0) is 35.4 Å². The van der Waals surface area contributed by atoms with Gasteiger partial charge >= 0.3 is 0 Å². The van der Waals surface area contributed by atoms with E-state index < -0.39 is 0 Å². The zero-order valence-electron chi connectivity index (χ0n) is 11.0. The number of tetrazole rings is 1. The molecule has 0 saturated carbocycles. The lowest BCUT2D eigenvalue weighted by Gasteiger charge is -2.00. The Balaban J connectivity index is 1.84. The highest BCUT2D eigenvalue weighted by Crippen LogP contribution is 2.18. The van der Waals surface area contributed by atoms with Gasteiger partial charge in [0.2, 0.25) is 5.82 Å². The molecule has 3 rings (SSSR count). The third kappa shape index (κ3) is 2.56. The molecule has 1 heterocycles. The van der Waals surface area contributed by atoms with E-state index in [1.807, 2.05) is 31.2 Å². The third-order valence-electron chi connectivity index (χ3n) is 3.08. The maximum Gasteiger partial charge on any atom is 0.205 e. The molecule has 0 aliphatic rings. The van der Waals surface area contributed by atoms with Crippen molar-refractivity contribution >= 4 is 0 Å². The van der Waals surface area contributed by atoms with E-state index in [1.54, 1.807) is 12.1 Å². The van der Waals surface area contributed by atoms with Crippen LogP contribution in [0, 0.1) is 12.7 Å². The first-order valence-corrected chi connectivity index (χ1v) is 6.30. The maximum absolute atomic E-state index is 12.8. The summed E-state index contributed by atoms with van der Waals surface area (Å²) in [4.78, 5) is 1.51. The highest BCUT2D eigenvalue weighted by molar-refractivity contribution is 5.58. The van der Waals surface area contributed by atoms with Crippen molar-refractivity contribution in [1.29, 1.82) is 0 Å². The lowest BCUT2D eigenvalue weighted by molar-refractivity contribution is 0.570. The number of nitrogens with zero attached hydrogens (tertiary/aromatic N) is 4. The second kappa shape index (κ2) is 5.21. The first-order chi connectivity index (χ1) is 9.72. The molecule has 0 aliphatic carbocycles. The average molecular weight is 268 g/mol. The Labute approximate surface area is 115 Å². The minimum absolute atomic E-state index is 0.249. The third-order valence-corrected chi connectivity index (χ3v) is 3.08. The highest BCUT2D eigenvalue weighted by atomic mass is 19.1. The second-order valence-corrected chi connectivity index (χ2v) is 4.58. The Morgan fingerprint density at radius 1 is 1.05 bits per heavy atom. The van der Waals surface area contributed by atoms with Crippen molar-refractivity contribution in [1.82, 2.24) is 20.2 Å². The Morgan fingerprint density at radius 3 is 2.55 bits per heavy atom. The van der Waals surface area contributed by atoms with Crippen LogP contribution in [0.3, 0.4) is 0 Å². The van der Waals surface area contributed by atoms with E-state index in [0.29, 0.717) is 12.4 Å². The fourth-order valence-corrected chi connectivity index (χ4v) is 1.99. The summed E-state index contributed by atoms with van der Waals surface area (Å²) >= 11 is 0. The maximum atomic E-state index is 12.8. The van der Waals surface area contributed by atoms with Crippen molar-refractivity contribution in [2.24, 2.45) is 0 Å². The van der Waals surface area contributed by atoms with Gasteiger partial charge in [0.25, 0.3) is 0 Å². The first kappa shape index (κ1) is 12.5. The van der Waals surface area contributed by atoms with Gasteiger partial charge in [-0.3, -0.25) is 0 Å². The molecule has 0 amide bonds. The van der Waals surface area contributed by atoms with Crippen LogP contribution >= 0.6 is 0 Å². The molecule has 4 nitrogen and oxygen atoms in total. The molecule has 3 aromatic rings. The summed E-state index contributed by atoms with van der Waals surface area (Å²) in [6, 6.07) is 14.2. The van der Waals surface area contributed by atoms with Gasteiger partial charge in [0.05, 0.1) is 6.54 Å². The van der Waals surface area contributed by atoms with Crippen LogP contribution in [0.15, 0.2) is 48.5 Å². The zero-order valence-corrected chi connectivity index (χ0v) is 11.0. The summed E-state index contributed by atoms with van der Waals surface area (Å²) in [5.74, 6) is 0.353. The van der Waals surface area contributed by atoms with Gasteiger partial charge in [-0.2, -0.15) is 4.80 Å². The van der Waals surface area contributed by atoms with E-state index in [4.69, 9.17) is 0 Å². The quantitative estimate of drug-likeness (QED) is 0.733. The van der Waals surface area contributed by atoms with E-state index in [9.17, 15) is 4.39 Å². The predicted molar refractivity (Wildman–Crippen MR) is 73.5 cm³/mol. The van der Waals surface area contributed by atoms with E-state index in [-0.39, 0.29) is 5.82 Å². The predicted octanol–water partition coefficient (Wildman–Crippen LogP) is 2.84. The first-order valence-electron chi connectivity index (χ1n) is 6.30. The number of aromatic nitrogens is 4. The minimum Gasteiger partial charge on any atom is -0.207 e. The van der Waals surface area contributed by atoms with Crippen molar-refractivity contribution in [3.8, 4) is 11.4 Å². The van der Waals surface area contributed by atoms with E-state index in [2.05, 4.69) is 15.4 Å². The van der Waals surface area contributed by atoms with Crippen LogP contribution in [0.2, 0.25) is 0 Å². The van der Waals surface area contributed by atoms with E-state index in [1.165, 1.54) is 16.9 Å². The summed E-state index contributed by atoms with van der Waals surface area (Å²) in [7, 11) is 0. The molecule has 100 valence electrons. The van der Waals surface area contributed by atoms with Gasteiger partial charge in [0.15, 0.2) is 0 Å². The van der Waals surface area contributed by atoms with Crippen molar-refractivity contribution in [3.63, 3.8) is 0 Å². The number of hydrogen-bond donors (Lipinski definition) is 0. The largest absolute Gasteiger partial charge is 0.207 e. The molecule has 0 N–H and O–H groups in total. The standard InChI is InChI=1S/C15H13FN4/c1-11-4-2-3-5-14(11)15-17-19-20(18-15)10-12-6-8-13(16)9-7-12/h2-9H,10H2,1H3. The van der Waals surface area contributed by atoms with Gasteiger partial charge in [-0.1, -0.05) is 36.4 Å². The number of rotatable bonds is 3. The van der Waals surface area contributed by atoms with Gasteiger partial charge in [0, 0.05) is 5.56 Å². The number of hydrogen-bond acceptors (Lipinski definition) is 3. The molecule has 0 bridgehead atoms. The lowest BCUT2D eigenvalue weighted by Crippen LogP contribution is -2.04. The van der Waals surface area contributed by atoms with Crippen molar-refractivity contribution in [2.45, 2.75) is 13.5 Å². The molecule has 0 saturated heterocycles. The molecule has 1 aromatic heterocycles. The Bertz CT molecular complexity index is 719. The van der Waals surface area contributed by atoms with Crippen molar-refractivity contribution in [2.75, 3.05) is 0 Å². The van der Waals surface area contributed by atoms with Gasteiger partial charge < -0.3 is 0 Å². The molecule has 0 radical (unpaired) electrons. The summed E-state index contributed by atoms with van der Waals surface area (Å²) in [5, 5.41) is 12.5. The zero-order chi connectivity index (χ0) is 13.9. The number of halogens is 1. The molecule has 2 aromatic carbocycles. The summed E-state index contributed by atoms with van der Waals surface area (Å²) < 4.78 is 12.8. The lowest BCUT2D eigenvalue weighted by atomic mass is 10.1. The van der Waals surface area contributed by atoms with Gasteiger partial charge in [-0.15, -0.1) is 10.2 Å². The van der Waals surface area contributed by atoms with Crippen LogP contribution in [-0.2, 0) is 6.54 Å². The molecular formula is C15H13FN4. The smallest absolute Gasteiger partial charge is 0.205 e. The minimum atomic E-state index is -0.249. The van der Waals surface area contributed by atoms with Crippen LogP contribution in [0.25, 0.3) is 11.4 Å². The van der Waals surface area contributed by atoms with Gasteiger partial charge in [-0.25, -0.2) is 4.39 Å². The Hall–Kier alpha value is -2.56.